The second-order valence-corrected chi connectivity index (χ2v) is 5.75. The van der Waals surface area contributed by atoms with Gasteiger partial charge in [0.15, 0.2) is 5.76 Å². The number of aromatic hydroxyl groups is 1. The minimum Gasteiger partial charge on any atom is -0.508 e. The summed E-state index contributed by atoms with van der Waals surface area (Å²) in [4.78, 5) is 23.9. The van der Waals surface area contributed by atoms with Crippen LogP contribution in [0.25, 0.3) is 11.0 Å². The minimum absolute atomic E-state index is 0.0482. The van der Waals surface area contributed by atoms with Crippen LogP contribution in [0.1, 0.15) is 33.7 Å². The first kappa shape index (κ1) is 15.8. The predicted octanol–water partition coefficient (Wildman–Crippen LogP) is 3.10. The first-order valence-corrected chi connectivity index (χ1v) is 7.60. The third kappa shape index (κ3) is 3.01. The van der Waals surface area contributed by atoms with Crippen LogP contribution in [0.3, 0.4) is 0 Å². The molecule has 3 N–H and O–H groups in total. The van der Waals surface area contributed by atoms with Gasteiger partial charge in [-0.2, -0.15) is 0 Å². The van der Waals surface area contributed by atoms with Crippen LogP contribution in [0.15, 0.2) is 46.9 Å². The van der Waals surface area contributed by atoms with Crippen molar-refractivity contribution in [3.8, 4) is 5.75 Å². The third-order valence-corrected chi connectivity index (χ3v) is 3.92. The van der Waals surface area contributed by atoms with E-state index in [0.29, 0.717) is 28.5 Å². The van der Waals surface area contributed by atoms with Gasteiger partial charge in [-0.1, -0.05) is 29.8 Å². The summed E-state index contributed by atoms with van der Waals surface area (Å²) >= 11 is 0. The van der Waals surface area contributed by atoms with Gasteiger partial charge in [0.05, 0.1) is 0 Å². The molecule has 0 fully saturated rings. The molecule has 24 heavy (non-hydrogen) atoms. The minimum atomic E-state index is -0.447. The van der Waals surface area contributed by atoms with Crippen molar-refractivity contribution in [1.82, 2.24) is 0 Å². The van der Waals surface area contributed by atoms with Crippen molar-refractivity contribution in [2.45, 2.75) is 19.8 Å². The van der Waals surface area contributed by atoms with Gasteiger partial charge in [-0.25, -0.2) is 0 Å². The molecule has 0 aliphatic heterocycles. The topological polar surface area (TPSA) is 93.5 Å². The molecule has 1 heterocycles. The highest BCUT2D eigenvalue weighted by molar-refractivity contribution is 6.10. The van der Waals surface area contributed by atoms with Crippen LogP contribution in [0.4, 0.5) is 0 Å². The molecule has 0 aliphatic rings. The second kappa shape index (κ2) is 6.20. The largest absolute Gasteiger partial charge is 0.508 e. The Balaban J connectivity index is 2.10. The van der Waals surface area contributed by atoms with Gasteiger partial charge in [0, 0.05) is 29.0 Å². The highest BCUT2D eigenvalue weighted by atomic mass is 16.3. The zero-order valence-corrected chi connectivity index (χ0v) is 13.2. The first-order valence-electron chi connectivity index (χ1n) is 7.60. The Labute approximate surface area is 138 Å². The Morgan fingerprint density at radius 2 is 1.83 bits per heavy atom. The third-order valence-electron chi connectivity index (χ3n) is 3.92. The Morgan fingerprint density at radius 1 is 1.12 bits per heavy atom. The average Bonchev–Trinajstić information content (AvgIpc) is 2.90. The number of carbonyl (C=O) groups is 2. The molecule has 3 rings (SSSR count). The van der Waals surface area contributed by atoms with Crippen LogP contribution in [0.2, 0.25) is 0 Å². The van der Waals surface area contributed by atoms with E-state index in [1.54, 1.807) is 18.2 Å². The number of hydrogen-bond donors (Lipinski definition) is 2. The number of phenolic OH excluding ortho intramolecular Hbond substituents is 1. The van der Waals surface area contributed by atoms with Crippen LogP contribution >= 0.6 is 0 Å². The zero-order chi connectivity index (χ0) is 17.3. The fourth-order valence-electron chi connectivity index (χ4n) is 2.65. The summed E-state index contributed by atoms with van der Waals surface area (Å²) in [5.41, 5.74) is 7.83. The maximum Gasteiger partial charge on any atom is 0.228 e. The van der Waals surface area contributed by atoms with Crippen LogP contribution in [0.5, 0.6) is 5.75 Å². The van der Waals surface area contributed by atoms with E-state index in [-0.39, 0.29) is 23.7 Å². The molecule has 2 aromatic carbocycles. The monoisotopic (exact) mass is 323 g/mol. The number of carbonyl (C=O) groups excluding carboxylic acids is 2. The number of rotatable bonds is 5. The van der Waals surface area contributed by atoms with Gasteiger partial charge >= 0.3 is 0 Å². The van der Waals surface area contributed by atoms with Crippen molar-refractivity contribution in [1.29, 1.82) is 0 Å². The zero-order valence-electron chi connectivity index (χ0n) is 13.2. The van der Waals surface area contributed by atoms with Crippen molar-refractivity contribution in [3.63, 3.8) is 0 Å². The molecule has 0 atom stereocenters. The summed E-state index contributed by atoms with van der Waals surface area (Å²) in [5.74, 6) is -0.477. The van der Waals surface area contributed by atoms with Gasteiger partial charge in [-0.15, -0.1) is 0 Å². The first-order chi connectivity index (χ1) is 11.5. The van der Waals surface area contributed by atoms with E-state index < -0.39 is 5.91 Å². The lowest BCUT2D eigenvalue weighted by molar-refractivity contribution is -0.117. The normalized spacial score (nSPS) is 10.9. The molecule has 5 nitrogen and oxygen atoms in total. The highest BCUT2D eigenvalue weighted by Gasteiger charge is 2.22. The number of amides is 1. The Morgan fingerprint density at radius 3 is 2.50 bits per heavy atom. The number of aryl methyl sites for hydroxylation is 2. The molecule has 1 aromatic heterocycles. The molecule has 3 aromatic rings. The fourth-order valence-corrected chi connectivity index (χ4v) is 2.65. The molecule has 1 amide bonds. The molecular formula is C19H17NO4. The molecular weight excluding hydrogens is 306 g/mol. The van der Waals surface area contributed by atoms with E-state index in [4.69, 9.17) is 10.2 Å². The van der Waals surface area contributed by atoms with Crippen molar-refractivity contribution in [3.05, 3.63) is 64.9 Å². The maximum atomic E-state index is 12.8. The number of fused-ring (bicyclic) bond motifs is 1. The molecule has 0 aliphatic carbocycles. The quantitative estimate of drug-likeness (QED) is 0.706. The van der Waals surface area contributed by atoms with Crippen molar-refractivity contribution < 1.29 is 19.1 Å². The second-order valence-electron chi connectivity index (χ2n) is 5.75. The fraction of sp³-hybridized carbons (Fsp3) is 0.158. The predicted molar refractivity (Wildman–Crippen MR) is 90.0 cm³/mol. The standard InChI is InChI=1S/C19H17NO4/c1-11-2-4-12(5-3-11)18(23)19-15(8-9-17(20)22)14-7-6-13(21)10-16(14)24-19/h2-7,10,21H,8-9H2,1H3,(H2,20,22). The Bertz CT molecular complexity index is 922. The van der Waals surface area contributed by atoms with Gasteiger partial charge in [0.2, 0.25) is 11.7 Å². The van der Waals surface area contributed by atoms with Crippen molar-refractivity contribution >= 4 is 22.7 Å². The number of phenols is 1. The molecule has 0 bridgehead atoms. The van der Waals surface area contributed by atoms with E-state index in [1.807, 2.05) is 19.1 Å². The summed E-state index contributed by atoms with van der Waals surface area (Å²) < 4.78 is 5.70. The number of hydrogen-bond acceptors (Lipinski definition) is 4. The lowest BCUT2D eigenvalue weighted by atomic mass is 9.99. The van der Waals surface area contributed by atoms with E-state index in [1.165, 1.54) is 12.1 Å². The van der Waals surface area contributed by atoms with E-state index in [9.17, 15) is 14.7 Å². The van der Waals surface area contributed by atoms with E-state index >= 15 is 0 Å². The van der Waals surface area contributed by atoms with E-state index in [2.05, 4.69) is 0 Å². The Hall–Kier alpha value is -3.08. The highest BCUT2D eigenvalue weighted by Crippen LogP contribution is 2.31. The van der Waals surface area contributed by atoms with Gasteiger partial charge < -0.3 is 15.3 Å². The van der Waals surface area contributed by atoms with Crippen molar-refractivity contribution in [2.75, 3.05) is 0 Å². The number of furan rings is 1. The van der Waals surface area contributed by atoms with Gasteiger partial charge in [-0.05, 0) is 25.5 Å². The molecule has 0 unspecified atom stereocenters. The van der Waals surface area contributed by atoms with Gasteiger partial charge in [-0.3, -0.25) is 9.59 Å². The summed E-state index contributed by atoms with van der Waals surface area (Å²) in [6.07, 6.45) is 0.420. The summed E-state index contributed by atoms with van der Waals surface area (Å²) in [6.45, 7) is 1.94. The molecule has 122 valence electrons. The lowest BCUT2D eigenvalue weighted by Gasteiger charge is -2.03. The van der Waals surface area contributed by atoms with Crippen LogP contribution in [0, 0.1) is 6.92 Å². The maximum absolute atomic E-state index is 12.8. The lowest BCUT2D eigenvalue weighted by Crippen LogP contribution is -2.12. The van der Waals surface area contributed by atoms with Crippen molar-refractivity contribution in [2.24, 2.45) is 5.73 Å². The molecule has 0 spiro atoms. The smallest absolute Gasteiger partial charge is 0.228 e. The number of benzene rings is 2. The van der Waals surface area contributed by atoms with Gasteiger partial charge in [0.1, 0.15) is 11.3 Å². The SMILES string of the molecule is Cc1ccc(C(=O)c2oc3cc(O)ccc3c2CCC(N)=O)cc1. The number of primary amides is 1. The van der Waals surface area contributed by atoms with Crippen LogP contribution in [-0.2, 0) is 11.2 Å². The molecule has 0 saturated carbocycles. The summed E-state index contributed by atoms with van der Waals surface area (Å²) in [7, 11) is 0. The summed E-state index contributed by atoms with van der Waals surface area (Å²) in [5, 5.41) is 10.3. The number of ketones is 1. The molecule has 0 saturated heterocycles. The van der Waals surface area contributed by atoms with E-state index in [0.717, 1.165) is 5.56 Å². The molecule has 5 heteroatoms. The number of nitrogens with two attached hydrogens (primary N) is 1. The average molecular weight is 323 g/mol. The van der Waals surface area contributed by atoms with Gasteiger partial charge in [0.25, 0.3) is 0 Å². The van der Waals surface area contributed by atoms with Crippen LogP contribution < -0.4 is 5.73 Å². The molecule has 0 radical (unpaired) electrons. The van der Waals surface area contributed by atoms with Crippen LogP contribution in [-0.4, -0.2) is 16.8 Å². The summed E-state index contributed by atoms with van der Waals surface area (Å²) in [6, 6.07) is 11.8. The Kier molecular flexibility index (Phi) is 4.08.